The van der Waals surface area contributed by atoms with Crippen molar-refractivity contribution in [1.82, 2.24) is 25.0 Å². The second-order valence-electron chi connectivity index (χ2n) is 4.26. The van der Waals surface area contributed by atoms with Gasteiger partial charge < -0.3 is 5.11 Å². The average Bonchev–Trinajstić information content (AvgIpc) is 3.14. The van der Waals surface area contributed by atoms with Crippen molar-refractivity contribution in [2.75, 3.05) is 5.75 Å². The molecule has 3 rings (SSSR count). The van der Waals surface area contributed by atoms with E-state index in [0.29, 0.717) is 21.7 Å². The van der Waals surface area contributed by atoms with Crippen molar-refractivity contribution >= 4 is 29.3 Å². The number of nitrogens with one attached hydrogen (secondary N) is 1. The van der Waals surface area contributed by atoms with Gasteiger partial charge in [-0.2, -0.15) is 5.10 Å². The zero-order chi connectivity index (χ0) is 15.5. The molecule has 2 aromatic heterocycles. The lowest BCUT2D eigenvalue weighted by molar-refractivity contribution is -0.133. The zero-order valence-corrected chi connectivity index (χ0v) is 12.7. The SMILES string of the molecule is O=C(O)CSc1nnc(-c2cn[nH]c2)n1-c1ccccc1Cl. The number of aromatic nitrogens is 5. The molecule has 22 heavy (non-hydrogen) atoms. The Bertz CT molecular complexity index is 803. The maximum absolute atomic E-state index is 10.8. The number of para-hydroxylation sites is 1. The summed E-state index contributed by atoms with van der Waals surface area (Å²) in [5, 5.41) is 24.7. The maximum atomic E-state index is 10.8. The molecule has 3 aromatic rings. The third kappa shape index (κ3) is 2.83. The van der Waals surface area contributed by atoms with Crippen LogP contribution in [0.5, 0.6) is 0 Å². The third-order valence-corrected chi connectivity index (χ3v) is 4.04. The highest BCUT2D eigenvalue weighted by molar-refractivity contribution is 7.99. The van der Waals surface area contributed by atoms with E-state index in [2.05, 4.69) is 20.4 Å². The summed E-state index contributed by atoms with van der Waals surface area (Å²) in [5.41, 5.74) is 1.41. The highest BCUT2D eigenvalue weighted by atomic mass is 35.5. The number of aromatic amines is 1. The van der Waals surface area contributed by atoms with Gasteiger partial charge in [0.1, 0.15) is 0 Å². The molecule has 0 saturated carbocycles. The first-order chi connectivity index (χ1) is 10.7. The van der Waals surface area contributed by atoms with E-state index >= 15 is 0 Å². The number of halogens is 1. The van der Waals surface area contributed by atoms with E-state index in [-0.39, 0.29) is 5.75 Å². The number of nitrogens with zero attached hydrogens (tertiary/aromatic N) is 4. The van der Waals surface area contributed by atoms with Crippen LogP contribution in [0.4, 0.5) is 0 Å². The molecule has 0 bridgehead atoms. The molecule has 1 aromatic carbocycles. The lowest BCUT2D eigenvalue weighted by Crippen LogP contribution is -2.03. The molecule has 9 heteroatoms. The van der Waals surface area contributed by atoms with Gasteiger partial charge in [0.05, 0.1) is 28.2 Å². The molecule has 0 saturated heterocycles. The van der Waals surface area contributed by atoms with E-state index in [0.717, 1.165) is 17.3 Å². The van der Waals surface area contributed by atoms with Crippen LogP contribution in [0.2, 0.25) is 5.02 Å². The number of rotatable bonds is 5. The lowest BCUT2D eigenvalue weighted by Gasteiger charge is -2.10. The maximum Gasteiger partial charge on any atom is 0.313 e. The fourth-order valence-electron chi connectivity index (χ4n) is 1.90. The van der Waals surface area contributed by atoms with Gasteiger partial charge in [0.2, 0.25) is 0 Å². The monoisotopic (exact) mass is 335 g/mol. The number of aliphatic carboxylic acids is 1. The van der Waals surface area contributed by atoms with Crippen molar-refractivity contribution in [2.45, 2.75) is 5.16 Å². The van der Waals surface area contributed by atoms with Crippen LogP contribution in [0.1, 0.15) is 0 Å². The van der Waals surface area contributed by atoms with Gasteiger partial charge in [0.15, 0.2) is 11.0 Å². The summed E-state index contributed by atoms with van der Waals surface area (Å²) >= 11 is 7.34. The molecular formula is C13H10ClN5O2S. The predicted octanol–water partition coefficient (Wildman–Crippen LogP) is 2.49. The third-order valence-electron chi connectivity index (χ3n) is 2.81. The first kappa shape index (κ1) is 14.6. The number of benzene rings is 1. The molecule has 112 valence electrons. The van der Waals surface area contributed by atoms with E-state index in [1.807, 2.05) is 18.2 Å². The van der Waals surface area contributed by atoms with Crippen LogP contribution in [0, 0.1) is 0 Å². The number of H-pyrrole nitrogens is 1. The van der Waals surface area contributed by atoms with Crippen LogP contribution in [0.25, 0.3) is 17.1 Å². The van der Waals surface area contributed by atoms with Gasteiger partial charge in [-0.15, -0.1) is 10.2 Å². The Morgan fingerprint density at radius 3 is 2.86 bits per heavy atom. The molecule has 0 unspecified atom stereocenters. The second kappa shape index (κ2) is 6.20. The van der Waals surface area contributed by atoms with E-state index < -0.39 is 5.97 Å². The number of carboxylic acid groups (broad SMARTS) is 1. The number of hydrogen-bond donors (Lipinski definition) is 2. The molecule has 0 fully saturated rings. The van der Waals surface area contributed by atoms with Crippen molar-refractivity contribution in [3.05, 3.63) is 41.7 Å². The number of thioether (sulfide) groups is 1. The Labute approximate surface area is 134 Å². The Hall–Kier alpha value is -2.32. The van der Waals surface area contributed by atoms with Gasteiger partial charge >= 0.3 is 5.97 Å². The average molecular weight is 336 g/mol. The molecule has 2 N–H and O–H groups in total. The highest BCUT2D eigenvalue weighted by Gasteiger charge is 2.19. The van der Waals surface area contributed by atoms with E-state index in [1.54, 1.807) is 23.0 Å². The van der Waals surface area contributed by atoms with Gasteiger partial charge in [-0.3, -0.25) is 14.5 Å². The quantitative estimate of drug-likeness (QED) is 0.695. The molecular weight excluding hydrogens is 326 g/mol. The zero-order valence-electron chi connectivity index (χ0n) is 11.1. The molecule has 0 aliphatic rings. The highest BCUT2D eigenvalue weighted by Crippen LogP contribution is 2.30. The number of carboxylic acids is 1. The Morgan fingerprint density at radius 2 is 2.18 bits per heavy atom. The van der Waals surface area contributed by atoms with Crippen LogP contribution in [0.15, 0.2) is 41.8 Å². The van der Waals surface area contributed by atoms with Crippen LogP contribution >= 0.6 is 23.4 Å². The smallest absolute Gasteiger partial charge is 0.313 e. The van der Waals surface area contributed by atoms with Crippen LogP contribution in [0.3, 0.4) is 0 Å². The van der Waals surface area contributed by atoms with Gasteiger partial charge in [-0.1, -0.05) is 35.5 Å². The summed E-state index contributed by atoms with van der Waals surface area (Å²) in [7, 11) is 0. The van der Waals surface area contributed by atoms with E-state index in [9.17, 15) is 4.79 Å². The van der Waals surface area contributed by atoms with Crippen molar-refractivity contribution in [3.63, 3.8) is 0 Å². The van der Waals surface area contributed by atoms with Crippen LogP contribution in [-0.2, 0) is 4.79 Å². The van der Waals surface area contributed by atoms with Gasteiger partial charge in [-0.25, -0.2) is 0 Å². The van der Waals surface area contributed by atoms with Crippen molar-refractivity contribution < 1.29 is 9.90 Å². The van der Waals surface area contributed by atoms with E-state index in [4.69, 9.17) is 16.7 Å². The topological polar surface area (TPSA) is 96.7 Å². The summed E-state index contributed by atoms with van der Waals surface area (Å²) in [6.45, 7) is 0. The summed E-state index contributed by atoms with van der Waals surface area (Å²) in [5.74, 6) is -0.508. The summed E-state index contributed by atoms with van der Waals surface area (Å²) in [6.07, 6.45) is 3.30. The van der Waals surface area contributed by atoms with Gasteiger partial charge in [0, 0.05) is 6.20 Å². The van der Waals surface area contributed by atoms with E-state index in [1.165, 1.54) is 0 Å². The molecule has 0 atom stereocenters. The first-order valence-corrected chi connectivity index (χ1v) is 7.57. The predicted molar refractivity (Wildman–Crippen MR) is 82.3 cm³/mol. The van der Waals surface area contributed by atoms with Crippen molar-refractivity contribution in [2.24, 2.45) is 0 Å². The normalized spacial score (nSPS) is 10.8. The summed E-state index contributed by atoms with van der Waals surface area (Å²) in [4.78, 5) is 10.8. The van der Waals surface area contributed by atoms with Gasteiger partial charge in [-0.05, 0) is 12.1 Å². The molecule has 0 spiro atoms. The van der Waals surface area contributed by atoms with Crippen molar-refractivity contribution in [1.29, 1.82) is 0 Å². The Kier molecular flexibility index (Phi) is 4.12. The summed E-state index contributed by atoms with van der Waals surface area (Å²) in [6, 6.07) is 7.23. The molecule has 0 radical (unpaired) electrons. The molecule has 7 nitrogen and oxygen atoms in total. The molecule has 2 heterocycles. The second-order valence-corrected chi connectivity index (χ2v) is 5.61. The Balaban J connectivity index is 2.13. The molecule has 0 aliphatic heterocycles. The fourth-order valence-corrected chi connectivity index (χ4v) is 2.79. The lowest BCUT2D eigenvalue weighted by atomic mass is 10.3. The van der Waals surface area contributed by atoms with Crippen LogP contribution < -0.4 is 0 Å². The minimum absolute atomic E-state index is 0.117. The van der Waals surface area contributed by atoms with Crippen LogP contribution in [-0.4, -0.2) is 41.8 Å². The minimum atomic E-state index is -0.927. The first-order valence-electron chi connectivity index (χ1n) is 6.21. The molecule has 0 aliphatic carbocycles. The Morgan fingerprint density at radius 1 is 1.36 bits per heavy atom. The minimum Gasteiger partial charge on any atom is -0.481 e. The summed E-state index contributed by atoms with van der Waals surface area (Å²) < 4.78 is 1.72. The largest absolute Gasteiger partial charge is 0.481 e. The standard InChI is InChI=1S/C13H10ClN5O2S/c14-9-3-1-2-4-10(9)19-12(8-5-15-16-6-8)17-18-13(19)22-7-11(20)21/h1-6H,7H2,(H,15,16)(H,20,21). The fraction of sp³-hybridized carbons (Fsp3) is 0.0769. The number of carbonyl (C=O) groups is 1. The van der Waals surface area contributed by atoms with Crippen molar-refractivity contribution in [3.8, 4) is 17.1 Å². The number of hydrogen-bond acceptors (Lipinski definition) is 5. The molecule has 0 amide bonds. The van der Waals surface area contributed by atoms with Gasteiger partial charge in [0.25, 0.3) is 0 Å².